The van der Waals surface area contributed by atoms with Gasteiger partial charge in [-0.15, -0.1) is 5.10 Å². The summed E-state index contributed by atoms with van der Waals surface area (Å²) in [6.07, 6.45) is 5.96. The summed E-state index contributed by atoms with van der Waals surface area (Å²) in [7, 11) is -3.53. The predicted molar refractivity (Wildman–Crippen MR) is 93.3 cm³/mol. The first kappa shape index (κ1) is 17.8. The molecule has 0 N–H and O–H groups in total. The van der Waals surface area contributed by atoms with Crippen molar-refractivity contribution in [1.29, 1.82) is 0 Å². The van der Waals surface area contributed by atoms with Crippen LogP contribution in [0.3, 0.4) is 0 Å². The summed E-state index contributed by atoms with van der Waals surface area (Å²) in [6, 6.07) is 3.63. The summed E-state index contributed by atoms with van der Waals surface area (Å²) in [5.74, 6) is 0. The molecular formula is C15H20N6O3S2. The van der Waals surface area contributed by atoms with Crippen molar-refractivity contribution in [2.45, 2.75) is 46.8 Å². The molecule has 0 bridgehead atoms. The molecule has 4 rings (SSSR count). The Balaban J connectivity index is 1.49. The van der Waals surface area contributed by atoms with Gasteiger partial charge in [-0.2, -0.15) is 4.31 Å². The van der Waals surface area contributed by atoms with Crippen molar-refractivity contribution in [2.75, 3.05) is 26.3 Å². The van der Waals surface area contributed by atoms with Gasteiger partial charge >= 0.3 is 0 Å². The van der Waals surface area contributed by atoms with Crippen molar-refractivity contribution in [3.05, 3.63) is 18.3 Å². The number of hydrogen-bond acceptors (Lipinski definition) is 8. The molecule has 0 unspecified atom stereocenters. The number of morpholine rings is 1. The van der Waals surface area contributed by atoms with E-state index in [9.17, 15) is 8.42 Å². The minimum atomic E-state index is -3.53. The first-order chi connectivity index (χ1) is 12.6. The molecule has 0 spiro atoms. The van der Waals surface area contributed by atoms with E-state index in [2.05, 4.69) is 20.5 Å². The molecule has 2 fully saturated rings. The Morgan fingerprint density at radius 2 is 1.92 bits per heavy atom. The quantitative estimate of drug-likeness (QED) is 0.746. The zero-order chi connectivity index (χ0) is 18.0. The van der Waals surface area contributed by atoms with Crippen LogP contribution in [0.25, 0.3) is 0 Å². The highest BCUT2D eigenvalue weighted by atomic mass is 32.2. The molecule has 0 aromatic carbocycles. The second-order valence-corrected chi connectivity index (χ2v) is 9.22. The van der Waals surface area contributed by atoms with E-state index in [1.54, 1.807) is 12.1 Å². The third-order valence-corrected chi connectivity index (χ3v) is 7.43. The lowest BCUT2D eigenvalue weighted by Gasteiger charge is -2.25. The fraction of sp³-hybridized carbons (Fsp3) is 0.600. The number of rotatable bonds is 5. The number of hydrogen-bond donors (Lipinski definition) is 0. The maximum atomic E-state index is 12.6. The van der Waals surface area contributed by atoms with Gasteiger partial charge in [-0.05, 0) is 47.2 Å². The molecule has 26 heavy (non-hydrogen) atoms. The Hall–Kier alpha value is -1.56. The van der Waals surface area contributed by atoms with E-state index in [-0.39, 0.29) is 4.90 Å². The van der Waals surface area contributed by atoms with Gasteiger partial charge in [0, 0.05) is 19.3 Å². The number of ether oxygens (including phenoxy) is 1. The lowest BCUT2D eigenvalue weighted by atomic mass is 10.3. The normalized spacial score (nSPS) is 19.8. The molecule has 11 heteroatoms. The van der Waals surface area contributed by atoms with Gasteiger partial charge in [-0.3, -0.25) is 0 Å². The molecule has 0 atom stereocenters. The van der Waals surface area contributed by atoms with Crippen LogP contribution in [-0.4, -0.2) is 64.2 Å². The molecule has 1 saturated carbocycles. The Morgan fingerprint density at radius 3 is 2.62 bits per heavy atom. The number of pyridine rings is 1. The predicted octanol–water partition coefficient (Wildman–Crippen LogP) is 1.36. The molecule has 2 aliphatic rings. The highest BCUT2D eigenvalue weighted by Crippen LogP contribution is 2.33. The lowest BCUT2D eigenvalue weighted by Crippen LogP contribution is -2.40. The van der Waals surface area contributed by atoms with Gasteiger partial charge in [0.05, 0.1) is 19.3 Å². The van der Waals surface area contributed by atoms with Crippen molar-refractivity contribution in [1.82, 2.24) is 29.5 Å². The minimum absolute atomic E-state index is 0.194. The van der Waals surface area contributed by atoms with Gasteiger partial charge in [-0.25, -0.2) is 18.1 Å². The van der Waals surface area contributed by atoms with Crippen LogP contribution >= 0.6 is 11.8 Å². The van der Waals surface area contributed by atoms with E-state index in [0.29, 0.717) is 42.5 Å². The number of tetrazole rings is 1. The monoisotopic (exact) mass is 396 g/mol. The number of sulfonamides is 1. The van der Waals surface area contributed by atoms with E-state index in [1.807, 2.05) is 4.68 Å². The maximum absolute atomic E-state index is 12.6. The zero-order valence-corrected chi connectivity index (χ0v) is 15.8. The first-order valence-corrected chi connectivity index (χ1v) is 10.9. The van der Waals surface area contributed by atoms with Crippen molar-refractivity contribution in [3.63, 3.8) is 0 Å². The molecule has 3 heterocycles. The average molecular weight is 396 g/mol. The molecule has 0 amide bonds. The molecule has 9 nitrogen and oxygen atoms in total. The summed E-state index contributed by atoms with van der Waals surface area (Å²) in [5, 5.41) is 13.3. The number of aromatic nitrogens is 5. The third-order valence-electron chi connectivity index (χ3n) is 4.65. The van der Waals surface area contributed by atoms with Gasteiger partial charge in [0.25, 0.3) is 0 Å². The first-order valence-electron chi connectivity index (χ1n) is 8.64. The molecular weight excluding hydrogens is 376 g/mol. The third kappa shape index (κ3) is 3.61. The number of nitrogens with zero attached hydrogens (tertiary/aromatic N) is 6. The van der Waals surface area contributed by atoms with Crippen LogP contribution in [0.15, 0.2) is 33.4 Å². The summed E-state index contributed by atoms with van der Waals surface area (Å²) in [6.45, 7) is 1.58. The standard InChI is InChI=1S/C15H20N6O3S2/c22-26(23,20-7-9-24-10-8-20)13-5-6-14(16-11-13)25-15-17-18-19-21(15)12-3-1-2-4-12/h5-6,11-12H,1-4,7-10H2. The van der Waals surface area contributed by atoms with Crippen LogP contribution in [0.1, 0.15) is 31.7 Å². The fourth-order valence-electron chi connectivity index (χ4n) is 3.24. The largest absolute Gasteiger partial charge is 0.379 e. The molecule has 140 valence electrons. The highest BCUT2D eigenvalue weighted by Gasteiger charge is 2.27. The van der Waals surface area contributed by atoms with Crippen LogP contribution in [0, 0.1) is 0 Å². The SMILES string of the molecule is O=S(=O)(c1ccc(Sc2nnnn2C2CCCC2)nc1)N1CCOCC1. The Bertz CT molecular complexity index is 843. The second-order valence-electron chi connectivity index (χ2n) is 6.29. The summed E-state index contributed by atoms with van der Waals surface area (Å²) >= 11 is 1.35. The second kappa shape index (κ2) is 7.59. The zero-order valence-electron chi connectivity index (χ0n) is 14.2. The Labute approximate surface area is 156 Å². The van der Waals surface area contributed by atoms with Crippen molar-refractivity contribution in [2.24, 2.45) is 0 Å². The van der Waals surface area contributed by atoms with E-state index < -0.39 is 10.0 Å². The average Bonchev–Trinajstić information content (AvgIpc) is 3.34. The van der Waals surface area contributed by atoms with Crippen molar-refractivity contribution in [3.8, 4) is 0 Å². The van der Waals surface area contributed by atoms with Gasteiger partial charge < -0.3 is 4.74 Å². The van der Waals surface area contributed by atoms with Crippen LogP contribution in [0.5, 0.6) is 0 Å². The molecule has 2 aromatic rings. The van der Waals surface area contributed by atoms with Gasteiger partial charge in [-0.1, -0.05) is 12.8 Å². The van der Waals surface area contributed by atoms with Crippen molar-refractivity contribution >= 4 is 21.8 Å². The molecule has 1 saturated heterocycles. The van der Waals surface area contributed by atoms with Crippen LogP contribution in [-0.2, 0) is 14.8 Å². The Kier molecular flexibility index (Phi) is 5.20. The van der Waals surface area contributed by atoms with E-state index in [4.69, 9.17) is 4.74 Å². The topological polar surface area (TPSA) is 103 Å². The van der Waals surface area contributed by atoms with Gasteiger partial charge in [0.15, 0.2) is 0 Å². The van der Waals surface area contributed by atoms with Crippen molar-refractivity contribution < 1.29 is 13.2 Å². The van der Waals surface area contributed by atoms with Crippen LogP contribution in [0.4, 0.5) is 0 Å². The Morgan fingerprint density at radius 1 is 1.15 bits per heavy atom. The van der Waals surface area contributed by atoms with E-state index in [0.717, 1.165) is 12.8 Å². The molecule has 1 aliphatic heterocycles. The van der Waals surface area contributed by atoms with Crippen LogP contribution < -0.4 is 0 Å². The van der Waals surface area contributed by atoms with E-state index >= 15 is 0 Å². The molecule has 2 aromatic heterocycles. The van der Waals surface area contributed by atoms with Gasteiger partial charge in [0.2, 0.25) is 15.2 Å². The minimum Gasteiger partial charge on any atom is -0.379 e. The van der Waals surface area contributed by atoms with Crippen LogP contribution in [0.2, 0.25) is 0 Å². The summed E-state index contributed by atoms with van der Waals surface area (Å²) in [5.41, 5.74) is 0. The molecule has 0 radical (unpaired) electrons. The summed E-state index contributed by atoms with van der Waals surface area (Å²) < 4.78 is 33.8. The lowest BCUT2D eigenvalue weighted by molar-refractivity contribution is 0.0730. The fourth-order valence-corrected chi connectivity index (χ4v) is 5.38. The van der Waals surface area contributed by atoms with E-state index in [1.165, 1.54) is 35.1 Å². The highest BCUT2D eigenvalue weighted by molar-refractivity contribution is 7.99. The smallest absolute Gasteiger partial charge is 0.244 e. The maximum Gasteiger partial charge on any atom is 0.244 e. The van der Waals surface area contributed by atoms with Gasteiger partial charge in [0.1, 0.15) is 9.92 Å². The summed E-state index contributed by atoms with van der Waals surface area (Å²) in [4.78, 5) is 4.49. The molecule has 1 aliphatic carbocycles.